The zero-order valence-corrected chi connectivity index (χ0v) is 12.6. The van der Waals surface area contributed by atoms with Crippen molar-refractivity contribution in [3.05, 3.63) is 34.4 Å². The zero-order valence-electron chi connectivity index (χ0n) is 10.5. The number of halogens is 1. The number of carbonyl (C=O) groups excluding carboxylic acids is 2. The number of hydrogen-bond acceptors (Lipinski definition) is 7. The molecule has 0 N–H and O–H groups in total. The summed E-state index contributed by atoms with van der Waals surface area (Å²) in [5.41, 5.74) is -0.135. The first kappa shape index (κ1) is 16.1. The standard InChI is InChI=1S/C11H10INO7/c1-7(14)19-11(2,12)20-10(15)18-9-5-3-8(4-6-9)13(16)17/h3-6H,1-2H3. The normalized spacial score (nSPS) is 12.9. The second-order valence-electron chi connectivity index (χ2n) is 3.63. The van der Waals surface area contributed by atoms with Crippen LogP contribution < -0.4 is 4.74 Å². The van der Waals surface area contributed by atoms with Gasteiger partial charge in [-0.05, 0) is 12.1 Å². The number of carbonyl (C=O) groups is 2. The van der Waals surface area contributed by atoms with Crippen molar-refractivity contribution in [3.63, 3.8) is 0 Å². The zero-order chi connectivity index (χ0) is 15.3. The Morgan fingerprint density at radius 1 is 1.25 bits per heavy atom. The lowest BCUT2D eigenvalue weighted by Gasteiger charge is -2.21. The molecule has 0 aliphatic rings. The number of rotatable bonds is 4. The highest BCUT2D eigenvalue weighted by Crippen LogP contribution is 2.24. The van der Waals surface area contributed by atoms with E-state index in [1.807, 2.05) is 0 Å². The minimum absolute atomic E-state index is 0.0654. The van der Waals surface area contributed by atoms with Gasteiger partial charge in [0.25, 0.3) is 5.69 Å². The fourth-order valence-electron chi connectivity index (χ4n) is 1.18. The second kappa shape index (κ2) is 6.50. The average Bonchev–Trinajstić information content (AvgIpc) is 2.26. The van der Waals surface area contributed by atoms with Crippen molar-refractivity contribution >= 4 is 40.4 Å². The summed E-state index contributed by atoms with van der Waals surface area (Å²) in [7, 11) is 0. The lowest BCUT2D eigenvalue weighted by atomic mass is 10.3. The van der Waals surface area contributed by atoms with Gasteiger partial charge in [0, 0.05) is 48.6 Å². The first-order chi connectivity index (χ1) is 9.19. The van der Waals surface area contributed by atoms with E-state index in [9.17, 15) is 19.7 Å². The molecule has 0 aliphatic carbocycles. The summed E-state index contributed by atoms with van der Waals surface area (Å²) in [4.78, 5) is 32.1. The summed E-state index contributed by atoms with van der Waals surface area (Å²) in [5.74, 6) is -0.555. The van der Waals surface area contributed by atoms with E-state index in [1.165, 1.54) is 38.1 Å². The molecule has 0 aliphatic heterocycles. The molecule has 108 valence electrons. The van der Waals surface area contributed by atoms with Crippen molar-refractivity contribution in [1.82, 2.24) is 0 Å². The molecule has 1 aromatic carbocycles. The SMILES string of the molecule is CC(=O)OC(C)(I)OC(=O)Oc1ccc([N+](=O)[O-])cc1. The lowest BCUT2D eigenvalue weighted by Crippen LogP contribution is -2.31. The molecule has 20 heavy (non-hydrogen) atoms. The molecule has 0 amide bonds. The molecule has 1 unspecified atom stereocenters. The third kappa shape index (κ3) is 5.38. The lowest BCUT2D eigenvalue weighted by molar-refractivity contribution is -0.384. The number of ether oxygens (including phenoxy) is 3. The largest absolute Gasteiger partial charge is 0.517 e. The van der Waals surface area contributed by atoms with E-state index in [-0.39, 0.29) is 11.4 Å². The number of benzene rings is 1. The molecule has 0 radical (unpaired) electrons. The van der Waals surface area contributed by atoms with Gasteiger partial charge in [-0.25, -0.2) is 4.79 Å². The van der Waals surface area contributed by atoms with E-state index < -0.39 is 20.8 Å². The van der Waals surface area contributed by atoms with Crippen LogP contribution in [0.5, 0.6) is 5.75 Å². The first-order valence-corrected chi connectivity index (χ1v) is 6.31. The van der Waals surface area contributed by atoms with E-state index in [1.54, 1.807) is 22.6 Å². The number of nitro benzene ring substituents is 1. The highest BCUT2D eigenvalue weighted by molar-refractivity contribution is 14.1. The first-order valence-electron chi connectivity index (χ1n) is 5.23. The maximum absolute atomic E-state index is 11.5. The van der Waals surface area contributed by atoms with Crippen molar-refractivity contribution < 1.29 is 28.7 Å². The van der Waals surface area contributed by atoms with Gasteiger partial charge in [0.05, 0.1) is 4.92 Å². The number of hydrogen-bond donors (Lipinski definition) is 0. The van der Waals surface area contributed by atoms with Crippen LogP contribution in [0.15, 0.2) is 24.3 Å². The number of nitrogens with zero attached hydrogens (tertiary/aromatic N) is 1. The molecule has 9 heteroatoms. The van der Waals surface area contributed by atoms with Crippen LogP contribution >= 0.6 is 22.6 Å². The minimum atomic E-state index is -1.50. The third-order valence-corrected chi connectivity index (χ3v) is 2.28. The van der Waals surface area contributed by atoms with Gasteiger partial charge in [-0.1, -0.05) is 0 Å². The monoisotopic (exact) mass is 395 g/mol. The van der Waals surface area contributed by atoms with Crippen molar-refractivity contribution in [2.24, 2.45) is 0 Å². The second-order valence-corrected chi connectivity index (χ2v) is 5.59. The molecule has 0 saturated carbocycles. The third-order valence-electron chi connectivity index (χ3n) is 1.84. The molecule has 0 saturated heterocycles. The average molecular weight is 395 g/mol. The highest BCUT2D eigenvalue weighted by Gasteiger charge is 2.29. The van der Waals surface area contributed by atoms with Crippen molar-refractivity contribution in [1.29, 1.82) is 0 Å². The molecule has 0 bridgehead atoms. The highest BCUT2D eigenvalue weighted by atomic mass is 127. The maximum Gasteiger partial charge on any atom is 0.517 e. The Balaban J connectivity index is 2.62. The summed E-state index contributed by atoms with van der Waals surface area (Å²) >= 11 is 1.61. The number of non-ortho nitro benzene ring substituents is 1. The molecule has 0 fully saturated rings. The Bertz CT molecular complexity index is 526. The smallest absolute Gasteiger partial charge is 0.414 e. The Morgan fingerprint density at radius 3 is 2.25 bits per heavy atom. The van der Waals surface area contributed by atoms with Gasteiger partial charge in [-0.2, -0.15) is 0 Å². The molecule has 0 spiro atoms. The van der Waals surface area contributed by atoms with E-state index >= 15 is 0 Å². The van der Waals surface area contributed by atoms with E-state index in [2.05, 4.69) is 0 Å². The van der Waals surface area contributed by atoms with Crippen LogP contribution in [0.3, 0.4) is 0 Å². The molecule has 1 aromatic rings. The minimum Gasteiger partial charge on any atom is -0.414 e. The van der Waals surface area contributed by atoms with Crippen LogP contribution in [0.1, 0.15) is 13.8 Å². The molecule has 0 aromatic heterocycles. The van der Waals surface area contributed by atoms with Crippen LogP contribution in [0, 0.1) is 10.1 Å². The van der Waals surface area contributed by atoms with Gasteiger partial charge < -0.3 is 14.2 Å². The van der Waals surface area contributed by atoms with E-state index in [0.29, 0.717) is 0 Å². The van der Waals surface area contributed by atoms with Gasteiger partial charge in [0.15, 0.2) is 0 Å². The van der Waals surface area contributed by atoms with Gasteiger partial charge in [0.1, 0.15) is 5.75 Å². The van der Waals surface area contributed by atoms with E-state index in [4.69, 9.17) is 14.2 Å². The molecule has 0 heterocycles. The van der Waals surface area contributed by atoms with Crippen molar-refractivity contribution in [2.75, 3.05) is 0 Å². The van der Waals surface area contributed by atoms with Crippen LogP contribution in [0.25, 0.3) is 0 Å². The van der Waals surface area contributed by atoms with Crippen LogP contribution in [0.4, 0.5) is 10.5 Å². The van der Waals surface area contributed by atoms with Gasteiger partial charge in [-0.15, -0.1) is 0 Å². The summed E-state index contributed by atoms with van der Waals surface area (Å²) in [5, 5.41) is 10.4. The van der Waals surface area contributed by atoms with Crippen molar-refractivity contribution in [2.45, 2.75) is 17.6 Å². The Labute approximate surface area is 127 Å². The molecule has 8 nitrogen and oxygen atoms in total. The summed E-state index contributed by atoms with van der Waals surface area (Å²) in [6, 6.07) is 4.85. The number of esters is 1. The quantitative estimate of drug-likeness (QED) is 0.147. The molecule has 1 atom stereocenters. The van der Waals surface area contributed by atoms with Crippen LogP contribution in [-0.4, -0.2) is 20.8 Å². The maximum atomic E-state index is 11.5. The number of alkyl halides is 1. The Hall–Kier alpha value is -1.91. The van der Waals surface area contributed by atoms with Crippen LogP contribution in [-0.2, 0) is 14.3 Å². The Kier molecular flexibility index (Phi) is 5.25. The van der Waals surface area contributed by atoms with Gasteiger partial charge >= 0.3 is 15.9 Å². The predicted octanol–water partition coefficient (Wildman–Crippen LogP) is 2.78. The van der Waals surface area contributed by atoms with Gasteiger partial charge in [-0.3, -0.25) is 14.9 Å². The molecule has 1 rings (SSSR count). The molecular weight excluding hydrogens is 385 g/mol. The fourth-order valence-corrected chi connectivity index (χ4v) is 1.67. The summed E-state index contributed by atoms with van der Waals surface area (Å²) in [6.07, 6.45) is -1.10. The Morgan fingerprint density at radius 2 is 1.80 bits per heavy atom. The van der Waals surface area contributed by atoms with E-state index in [0.717, 1.165) is 0 Å². The fraction of sp³-hybridized carbons (Fsp3) is 0.273. The van der Waals surface area contributed by atoms with Crippen molar-refractivity contribution in [3.8, 4) is 5.75 Å². The summed E-state index contributed by atoms with van der Waals surface area (Å²) < 4.78 is 12.8. The molecular formula is C11H10INO7. The predicted molar refractivity (Wildman–Crippen MR) is 74.4 cm³/mol. The number of nitro groups is 1. The van der Waals surface area contributed by atoms with Gasteiger partial charge in [0.2, 0.25) is 0 Å². The topological polar surface area (TPSA) is 105 Å². The van der Waals surface area contributed by atoms with Crippen LogP contribution in [0.2, 0.25) is 0 Å². The summed E-state index contributed by atoms with van der Waals surface area (Å²) in [6.45, 7) is 2.52.